The van der Waals surface area contributed by atoms with Gasteiger partial charge in [0.2, 0.25) is 15.9 Å². The van der Waals surface area contributed by atoms with Crippen molar-refractivity contribution in [1.29, 1.82) is 0 Å². The number of rotatable bonds is 8. The molecule has 0 unspecified atom stereocenters. The van der Waals surface area contributed by atoms with Gasteiger partial charge >= 0.3 is 0 Å². The van der Waals surface area contributed by atoms with Gasteiger partial charge in [-0.25, -0.2) is 8.42 Å². The molecule has 1 atom stereocenters. The van der Waals surface area contributed by atoms with Gasteiger partial charge in [0.15, 0.2) is 0 Å². The van der Waals surface area contributed by atoms with Crippen LogP contribution in [-0.2, 0) is 14.8 Å². The highest BCUT2D eigenvalue weighted by Crippen LogP contribution is 2.29. The van der Waals surface area contributed by atoms with Crippen molar-refractivity contribution in [1.82, 2.24) is 9.62 Å². The van der Waals surface area contributed by atoms with E-state index in [1.807, 2.05) is 0 Å². The quantitative estimate of drug-likeness (QED) is 0.744. The SMILES string of the molecule is COc1ccc(OC)c([C@@H](C)NC(=O)CN(C)S(=O)(=O)c2ccccc2)c1. The Kier molecular flexibility index (Phi) is 6.81. The van der Waals surface area contributed by atoms with E-state index < -0.39 is 22.0 Å². The van der Waals surface area contributed by atoms with Gasteiger partial charge < -0.3 is 14.8 Å². The third-order valence-electron chi connectivity index (χ3n) is 4.10. The molecule has 0 saturated heterocycles. The Morgan fingerprint density at radius 1 is 1.11 bits per heavy atom. The molecule has 0 heterocycles. The average Bonchev–Trinajstić information content (AvgIpc) is 2.67. The minimum atomic E-state index is -3.73. The molecule has 0 aliphatic heterocycles. The van der Waals surface area contributed by atoms with E-state index in [0.29, 0.717) is 11.5 Å². The first-order valence-electron chi connectivity index (χ1n) is 8.32. The minimum Gasteiger partial charge on any atom is -0.497 e. The molecule has 7 nitrogen and oxygen atoms in total. The van der Waals surface area contributed by atoms with Gasteiger partial charge in [0, 0.05) is 12.6 Å². The lowest BCUT2D eigenvalue weighted by atomic mass is 10.1. The molecule has 0 aromatic heterocycles. The second-order valence-corrected chi connectivity index (χ2v) is 8.02. The van der Waals surface area contributed by atoms with Gasteiger partial charge in [-0.3, -0.25) is 4.79 Å². The first-order chi connectivity index (χ1) is 12.8. The smallest absolute Gasteiger partial charge is 0.243 e. The van der Waals surface area contributed by atoms with Crippen molar-refractivity contribution in [2.45, 2.75) is 17.9 Å². The molecular formula is C19H24N2O5S. The summed E-state index contributed by atoms with van der Waals surface area (Å²) in [7, 11) is 0.739. The third-order valence-corrected chi connectivity index (χ3v) is 5.92. The first kappa shape index (κ1) is 20.7. The number of hydrogen-bond donors (Lipinski definition) is 1. The lowest BCUT2D eigenvalue weighted by molar-refractivity contribution is -0.121. The van der Waals surface area contributed by atoms with Crippen molar-refractivity contribution in [3.05, 3.63) is 54.1 Å². The lowest BCUT2D eigenvalue weighted by Crippen LogP contribution is -2.39. The number of sulfonamides is 1. The van der Waals surface area contributed by atoms with Crippen LogP contribution in [0.2, 0.25) is 0 Å². The standard InChI is InChI=1S/C19H24N2O5S/c1-14(17-12-15(25-3)10-11-18(17)26-4)20-19(22)13-21(2)27(23,24)16-8-6-5-7-9-16/h5-12,14H,13H2,1-4H3,(H,20,22)/t14-/m1/s1. The number of nitrogens with one attached hydrogen (secondary N) is 1. The summed E-state index contributed by atoms with van der Waals surface area (Å²) in [5.74, 6) is 0.818. The van der Waals surface area contributed by atoms with Gasteiger partial charge in [0.05, 0.1) is 31.7 Å². The molecule has 1 N–H and O–H groups in total. The van der Waals surface area contributed by atoms with E-state index in [9.17, 15) is 13.2 Å². The number of benzene rings is 2. The fourth-order valence-corrected chi connectivity index (χ4v) is 3.75. The number of carbonyl (C=O) groups is 1. The van der Waals surface area contributed by atoms with Crippen molar-refractivity contribution >= 4 is 15.9 Å². The van der Waals surface area contributed by atoms with E-state index in [4.69, 9.17) is 9.47 Å². The highest BCUT2D eigenvalue weighted by Gasteiger charge is 2.24. The van der Waals surface area contributed by atoms with Crippen LogP contribution in [0.4, 0.5) is 0 Å². The molecule has 2 rings (SSSR count). The summed E-state index contributed by atoms with van der Waals surface area (Å²) in [6, 6.07) is 12.9. The zero-order valence-electron chi connectivity index (χ0n) is 15.8. The highest BCUT2D eigenvalue weighted by molar-refractivity contribution is 7.89. The molecule has 0 fully saturated rings. The molecule has 27 heavy (non-hydrogen) atoms. The van der Waals surface area contributed by atoms with Crippen LogP contribution < -0.4 is 14.8 Å². The third kappa shape index (κ3) is 4.99. The fourth-order valence-electron chi connectivity index (χ4n) is 2.60. The molecule has 0 radical (unpaired) electrons. The predicted octanol–water partition coefficient (Wildman–Crippen LogP) is 2.20. The number of nitrogens with zero attached hydrogens (tertiary/aromatic N) is 1. The van der Waals surface area contributed by atoms with Gasteiger partial charge in [0.25, 0.3) is 0 Å². The first-order valence-corrected chi connectivity index (χ1v) is 9.76. The second kappa shape index (κ2) is 8.88. The molecular weight excluding hydrogens is 368 g/mol. The highest BCUT2D eigenvalue weighted by atomic mass is 32.2. The minimum absolute atomic E-state index is 0.141. The summed E-state index contributed by atoms with van der Waals surface area (Å²) in [6.45, 7) is 1.49. The lowest BCUT2D eigenvalue weighted by Gasteiger charge is -2.21. The molecule has 146 valence electrons. The molecule has 2 aromatic rings. The van der Waals surface area contributed by atoms with Crippen molar-refractivity contribution in [2.75, 3.05) is 27.8 Å². The predicted molar refractivity (Wildman–Crippen MR) is 102 cm³/mol. The van der Waals surface area contributed by atoms with Crippen LogP contribution in [0.15, 0.2) is 53.4 Å². The van der Waals surface area contributed by atoms with Crippen LogP contribution in [-0.4, -0.2) is 46.4 Å². The molecule has 2 aromatic carbocycles. The molecule has 0 bridgehead atoms. The molecule has 0 aliphatic carbocycles. The van der Waals surface area contributed by atoms with Gasteiger partial charge in [-0.1, -0.05) is 18.2 Å². The van der Waals surface area contributed by atoms with E-state index in [1.165, 1.54) is 19.2 Å². The van der Waals surface area contributed by atoms with Gasteiger partial charge in [-0.05, 0) is 37.3 Å². The summed E-state index contributed by atoms with van der Waals surface area (Å²) < 4.78 is 36.6. The number of ether oxygens (including phenoxy) is 2. The number of methoxy groups -OCH3 is 2. The fraction of sp³-hybridized carbons (Fsp3) is 0.316. The summed E-state index contributed by atoms with van der Waals surface area (Å²) in [5.41, 5.74) is 0.735. The molecule has 0 aliphatic rings. The summed E-state index contributed by atoms with van der Waals surface area (Å²) in [4.78, 5) is 12.5. The zero-order valence-corrected chi connectivity index (χ0v) is 16.6. The number of amides is 1. The van der Waals surface area contributed by atoms with Gasteiger partial charge in [0.1, 0.15) is 11.5 Å². The maximum Gasteiger partial charge on any atom is 0.243 e. The van der Waals surface area contributed by atoms with E-state index >= 15 is 0 Å². The van der Waals surface area contributed by atoms with E-state index in [-0.39, 0.29) is 11.4 Å². The Hall–Kier alpha value is -2.58. The number of likely N-dealkylation sites (N-methyl/N-ethyl adjacent to an activating group) is 1. The van der Waals surface area contributed by atoms with Gasteiger partial charge in [-0.2, -0.15) is 4.31 Å². The molecule has 0 spiro atoms. The molecule has 1 amide bonds. The largest absolute Gasteiger partial charge is 0.497 e. The molecule has 8 heteroatoms. The maximum atomic E-state index is 12.5. The summed E-state index contributed by atoms with van der Waals surface area (Å²) >= 11 is 0. The normalized spacial score (nSPS) is 12.5. The van der Waals surface area contributed by atoms with Crippen LogP contribution in [0.1, 0.15) is 18.5 Å². The number of carbonyl (C=O) groups excluding carboxylic acids is 1. The molecule has 0 saturated carbocycles. The topological polar surface area (TPSA) is 84.9 Å². The zero-order chi connectivity index (χ0) is 20.0. The summed E-state index contributed by atoms with van der Waals surface area (Å²) in [6.07, 6.45) is 0. The van der Waals surface area contributed by atoms with Crippen LogP contribution in [0.5, 0.6) is 11.5 Å². The summed E-state index contributed by atoms with van der Waals surface area (Å²) in [5, 5.41) is 2.80. The second-order valence-electron chi connectivity index (χ2n) is 5.97. The van der Waals surface area contributed by atoms with Crippen molar-refractivity contribution in [3.8, 4) is 11.5 Å². The van der Waals surface area contributed by atoms with Crippen LogP contribution in [0, 0.1) is 0 Å². The van der Waals surface area contributed by atoms with Crippen molar-refractivity contribution in [3.63, 3.8) is 0 Å². The maximum absolute atomic E-state index is 12.5. The van der Waals surface area contributed by atoms with Crippen LogP contribution >= 0.6 is 0 Å². The Labute approximate surface area is 160 Å². The van der Waals surface area contributed by atoms with Crippen LogP contribution in [0.3, 0.4) is 0 Å². The van der Waals surface area contributed by atoms with E-state index in [2.05, 4.69) is 5.32 Å². The Morgan fingerprint density at radius 3 is 2.37 bits per heavy atom. The van der Waals surface area contributed by atoms with E-state index in [1.54, 1.807) is 57.5 Å². The van der Waals surface area contributed by atoms with Crippen molar-refractivity contribution < 1.29 is 22.7 Å². The number of hydrogen-bond acceptors (Lipinski definition) is 5. The average molecular weight is 392 g/mol. The Bertz CT molecular complexity index is 884. The van der Waals surface area contributed by atoms with Gasteiger partial charge in [-0.15, -0.1) is 0 Å². The Balaban J connectivity index is 2.09. The Morgan fingerprint density at radius 2 is 1.78 bits per heavy atom. The van der Waals surface area contributed by atoms with Crippen LogP contribution in [0.25, 0.3) is 0 Å². The van der Waals surface area contributed by atoms with Crippen molar-refractivity contribution in [2.24, 2.45) is 0 Å². The monoisotopic (exact) mass is 392 g/mol. The van der Waals surface area contributed by atoms with E-state index in [0.717, 1.165) is 9.87 Å².